The molecule has 0 saturated heterocycles. The molecule has 0 aliphatic heterocycles. The van der Waals surface area contributed by atoms with E-state index in [9.17, 15) is 4.79 Å². The molecule has 0 radical (unpaired) electrons. The van der Waals surface area contributed by atoms with Gasteiger partial charge in [0.1, 0.15) is 17.1 Å². The maximum absolute atomic E-state index is 11.9. The molecule has 2 heterocycles. The molecule has 1 aliphatic carbocycles. The second-order valence-electron chi connectivity index (χ2n) is 6.91. The Bertz CT molecular complexity index is 1000. The molecule has 9 nitrogen and oxygen atoms in total. The van der Waals surface area contributed by atoms with Gasteiger partial charge in [0.15, 0.2) is 0 Å². The molecule has 0 spiro atoms. The van der Waals surface area contributed by atoms with E-state index in [-0.39, 0.29) is 5.56 Å². The number of nitrogens with two attached hydrogens (primary N) is 1. The van der Waals surface area contributed by atoms with Gasteiger partial charge in [-0.25, -0.2) is 4.98 Å². The minimum atomic E-state index is -0.595. The number of primary amides is 1. The molecule has 0 bridgehead atoms. The second-order valence-corrected chi connectivity index (χ2v) is 7.76. The van der Waals surface area contributed by atoms with Gasteiger partial charge >= 0.3 is 0 Å². The summed E-state index contributed by atoms with van der Waals surface area (Å²) in [7, 11) is 0. The van der Waals surface area contributed by atoms with Crippen molar-refractivity contribution in [3.8, 4) is 5.69 Å². The van der Waals surface area contributed by atoms with Crippen molar-refractivity contribution < 1.29 is 4.79 Å². The number of hydrogen-bond donors (Lipinski definition) is 3. The van der Waals surface area contributed by atoms with E-state index in [0.717, 1.165) is 23.0 Å². The molecule has 3 aromatic rings. The first-order valence-electron chi connectivity index (χ1n) is 9.47. The lowest BCUT2D eigenvalue weighted by Gasteiger charge is -2.23. The molecule has 2 aromatic heterocycles. The van der Waals surface area contributed by atoms with Crippen molar-refractivity contribution in [2.24, 2.45) is 5.73 Å². The molecular formula is C19H21BrN8O. The van der Waals surface area contributed by atoms with E-state index in [4.69, 9.17) is 5.73 Å². The van der Waals surface area contributed by atoms with Crippen molar-refractivity contribution >= 4 is 39.3 Å². The van der Waals surface area contributed by atoms with Gasteiger partial charge in [-0.3, -0.25) is 4.79 Å². The van der Waals surface area contributed by atoms with Crippen LogP contribution in [-0.2, 0) is 0 Å². The minimum absolute atomic E-state index is 0.223. The van der Waals surface area contributed by atoms with Gasteiger partial charge in [0.2, 0.25) is 5.95 Å². The summed E-state index contributed by atoms with van der Waals surface area (Å²) in [6.45, 7) is 0. The van der Waals surface area contributed by atoms with Gasteiger partial charge in [0.05, 0.1) is 12.4 Å². The van der Waals surface area contributed by atoms with Crippen LogP contribution in [-0.4, -0.2) is 36.9 Å². The Kier molecular flexibility index (Phi) is 5.70. The lowest BCUT2D eigenvalue weighted by Crippen LogP contribution is -2.24. The van der Waals surface area contributed by atoms with Crippen LogP contribution in [0.4, 0.5) is 17.5 Å². The van der Waals surface area contributed by atoms with Gasteiger partial charge in [-0.2, -0.15) is 20.0 Å². The number of hydrogen-bond acceptors (Lipinski definition) is 7. The van der Waals surface area contributed by atoms with Crippen LogP contribution < -0.4 is 16.4 Å². The number of amides is 1. The summed E-state index contributed by atoms with van der Waals surface area (Å²) in [6, 6.07) is 5.93. The van der Waals surface area contributed by atoms with Crippen molar-refractivity contribution in [2.75, 3.05) is 10.6 Å². The first-order valence-corrected chi connectivity index (χ1v) is 10.3. The van der Waals surface area contributed by atoms with Crippen molar-refractivity contribution in [3.63, 3.8) is 0 Å². The highest BCUT2D eigenvalue weighted by Crippen LogP contribution is 2.27. The molecule has 1 saturated carbocycles. The lowest BCUT2D eigenvalue weighted by atomic mass is 9.96. The summed E-state index contributed by atoms with van der Waals surface area (Å²) in [4.78, 5) is 22.2. The van der Waals surface area contributed by atoms with Crippen LogP contribution in [0, 0.1) is 0 Å². The average Bonchev–Trinajstić information content (AvgIpc) is 3.25. The Balaban J connectivity index is 1.62. The van der Waals surface area contributed by atoms with Crippen LogP contribution in [0.1, 0.15) is 42.5 Å². The largest absolute Gasteiger partial charge is 0.365 e. The third-order valence-electron chi connectivity index (χ3n) is 4.84. The standard InChI is InChI=1S/C19H21BrN8O/c20-15-7-6-13(10-16(15)28-23-8-9-24-28)25-18-14(17(21)29)11-22-19(27-18)26-12-4-2-1-3-5-12/h6-12H,1-5H2,(H2,21,29)(H2,22,25,26,27). The Morgan fingerprint density at radius 1 is 1.17 bits per heavy atom. The van der Waals surface area contributed by atoms with E-state index in [1.165, 1.54) is 30.3 Å². The molecule has 1 amide bonds. The van der Waals surface area contributed by atoms with Crippen LogP contribution in [0.25, 0.3) is 5.69 Å². The van der Waals surface area contributed by atoms with Gasteiger partial charge < -0.3 is 16.4 Å². The fraction of sp³-hybridized carbons (Fsp3) is 0.316. The number of nitrogens with one attached hydrogen (secondary N) is 2. The van der Waals surface area contributed by atoms with Crippen LogP contribution in [0.15, 0.2) is 41.3 Å². The van der Waals surface area contributed by atoms with E-state index in [0.29, 0.717) is 23.5 Å². The smallest absolute Gasteiger partial charge is 0.254 e. The van der Waals surface area contributed by atoms with Crippen molar-refractivity contribution in [1.29, 1.82) is 0 Å². The maximum atomic E-state index is 11.9. The SMILES string of the molecule is NC(=O)c1cnc(NC2CCCCC2)nc1Nc1ccc(Br)c(-n2nccn2)c1. The van der Waals surface area contributed by atoms with E-state index in [1.54, 1.807) is 12.4 Å². The van der Waals surface area contributed by atoms with E-state index >= 15 is 0 Å². The van der Waals surface area contributed by atoms with Gasteiger partial charge in [0.25, 0.3) is 5.91 Å². The lowest BCUT2D eigenvalue weighted by molar-refractivity contribution is 0.100. The zero-order valence-corrected chi connectivity index (χ0v) is 17.3. The number of halogens is 1. The van der Waals surface area contributed by atoms with E-state index in [2.05, 4.69) is 46.7 Å². The molecule has 1 fully saturated rings. The zero-order chi connectivity index (χ0) is 20.2. The summed E-state index contributed by atoms with van der Waals surface area (Å²) >= 11 is 3.50. The topological polar surface area (TPSA) is 124 Å². The molecule has 0 atom stereocenters. The summed E-state index contributed by atoms with van der Waals surface area (Å²) in [6.07, 6.45) is 10.5. The number of carbonyl (C=O) groups is 1. The third kappa shape index (κ3) is 4.53. The van der Waals surface area contributed by atoms with Crippen LogP contribution in [0.3, 0.4) is 0 Å². The van der Waals surface area contributed by atoms with Gasteiger partial charge in [-0.05, 0) is 47.0 Å². The summed E-state index contributed by atoms with van der Waals surface area (Å²) in [5.74, 6) is 0.241. The molecule has 1 aromatic carbocycles. The molecule has 4 N–H and O–H groups in total. The molecule has 29 heavy (non-hydrogen) atoms. The Morgan fingerprint density at radius 3 is 2.66 bits per heavy atom. The minimum Gasteiger partial charge on any atom is -0.365 e. The number of benzene rings is 1. The van der Waals surface area contributed by atoms with Crippen molar-refractivity contribution in [3.05, 3.63) is 46.8 Å². The van der Waals surface area contributed by atoms with Crippen LogP contribution in [0.5, 0.6) is 0 Å². The predicted molar refractivity (Wildman–Crippen MR) is 113 cm³/mol. The number of rotatable bonds is 6. The quantitative estimate of drug-likeness (QED) is 0.518. The maximum Gasteiger partial charge on any atom is 0.254 e. The fourth-order valence-electron chi connectivity index (χ4n) is 3.38. The van der Waals surface area contributed by atoms with Crippen LogP contribution >= 0.6 is 15.9 Å². The third-order valence-corrected chi connectivity index (χ3v) is 5.51. The highest BCUT2D eigenvalue weighted by Gasteiger charge is 2.17. The van der Waals surface area contributed by atoms with Gasteiger partial charge in [0, 0.05) is 22.4 Å². The summed E-state index contributed by atoms with van der Waals surface area (Å²) < 4.78 is 0.830. The Hall–Kier alpha value is -3.01. The van der Waals surface area contributed by atoms with Crippen LogP contribution in [0.2, 0.25) is 0 Å². The fourth-order valence-corrected chi connectivity index (χ4v) is 3.78. The summed E-state index contributed by atoms with van der Waals surface area (Å²) in [5, 5.41) is 14.9. The number of aromatic nitrogens is 5. The van der Waals surface area contributed by atoms with Gasteiger partial charge in [-0.15, -0.1) is 0 Å². The molecular weight excluding hydrogens is 436 g/mol. The summed E-state index contributed by atoms with van der Waals surface area (Å²) in [5.41, 5.74) is 7.20. The number of nitrogens with zero attached hydrogens (tertiary/aromatic N) is 5. The normalized spacial score (nSPS) is 14.5. The second kappa shape index (κ2) is 8.56. The Morgan fingerprint density at radius 2 is 1.93 bits per heavy atom. The first-order chi connectivity index (χ1) is 14.1. The number of anilines is 3. The molecule has 10 heteroatoms. The molecule has 1 aliphatic rings. The highest BCUT2D eigenvalue weighted by molar-refractivity contribution is 9.10. The average molecular weight is 457 g/mol. The number of carbonyl (C=O) groups excluding carboxylic acids is 1. The molecule has 4 rings (SSSR count). The molecule has 150 valence electrons. The van der Waals surface area contributed by atoms with Crippen molar-refractivity contribution in [1.82, 2.24) is 25.0 Å². The first kappa shape index (κ1) is 19.3. The predicted octanol–water partition coefficient (Wildman–Crippen LogP) is 3.41. The van der Waals surface area contributed by atoms with Crippen molar-refractivity contribution in [2.45, 2.75) is 38.1 Å². The monoisotopic (exact) mass is 456 g/mol. The van der Waals surface area contributed by atoms with E-state index < -0.39 is 5.91 Å². The molecule has 0 unspecified atom stereocenters. The Labute approximate surface area is 176 Å². The van der Waals surface area contributed by atoms with Gasteiger partial charge in [-0.1, -0.05) is 19.3 Å². The van der Waals surface area contributed by atoms with E-state index in [1.807, 2.05) is 18.2 Å². The highest BCUT2D eigenvalue weighted by atomic mass is 79.9. The zero-order valence-electron chi connectivity index (χ0n) is 15.7.